The van der Waals surface area contributed by atoms with Gasteiger partial charge < -0.3 is 44.8 Å². The van der Waals surface area contributed by atoms with Crippen molar-refractivity contribution < 1.29 is 52.6 Å². The molecule has 1 rings (SSSR count). The molecule has 0 fully saturated rings. The summed E-state index contributed by atoms with van der Waals surface area (Å²) >= 11 is 0. The predicted octanol–water partition coefficient (Wildman–Crippen LogP) is 6.28. The van der Waals surface area contributed by atoms with Crippen molar-refractivity contribution in [3.8, 4) is 12.3 Å². The molecule has 0 bridgehead atoms. The number of carbonyl (C=O) groups excluding carboxylic acids is 6. The van der Waals surface area contributed by atoms with Gasteiger partial charge in [0.25, 0.3) is 5.91 Å². The molecule has 0 saturated carbocycles. The molecule has 0 aromatic heterocycles. The third-order valence-corrected chi connectivity index (χ3v) is 17.7. The van der Waals surface area contributed by atoms with E-state index in [1.54, 1.807) is 58.2 Å². The predicted molar refractivity (Wildman–Crippen MR) is 271 cm³/mol. The minimum atomic E-state index is -2.29. The van der Waals surface area contributed by atoms with E-state index in [2.05, 4.69) is 55.7 Å². The highest BCUT2D eigenvalue weighted by Gasteiger charge is 2.42. The van der Waals surface area contributed by atoms with E-state index in [0.717, 1.165) is 16.9 Å². The van der Waals surface area contributed by atoms with Crippen molar-refractivity contribution in [1.29, 1.82) is 0 Å². The fourth-order valence-electron chi connectivity index (χ4n) is 7.11. The summed E-state index contributed by atoms with van der Waals surface area (Å²) in [6.07, 6.45) is 7.76. The number of nitrogens with one attached hydrogen (secondary N) is 3. The number of unbranched alkanes of at least 4 members (excludes halogenated alkanes) is 1. The summed E-state index contributed by atoms with van der Waals surface area (Å²) in [5.74, 6) is -3.07. The number of terminal acetylenes is 1. The molecule has 0 unspecified atom stereocenters. The largest absolute Gasteiger partial charge is 0.480 e. The minimum absolute atomic E-state index is 0.0712. The lowest BCUT2D eigenvalue weighted by molar-refractivity contribution is -0.155. The first kappa shape index (κ1) is 62.0. The van der Waals surface area contributed by atoms with E-state index in [1.165, 1.54) is 25.9 Å². The molecule has 4 amide bonds. The van der Waals surface area contributed by atoms with Gasteiger partial charge in [0.15, 0.2) is 14.4 Å². The van der Waals surface area contributed by atoms with Crippen LogP contribution in [0.1, 0.15) is 120 Å². The topological polar surface area (TPSA) is 210 Å². The number of ether oxygens (including phenoxy) is 2. The van der Waals surface area contributed by atoms with Crippen LogP contribution in [0.4, 0.5) is 0 Å². The van der Waals surface area contributed by atoms with Gasteiger partial charge in [0.05, 0.1) is 12.6 Å². The normalized spacial score (nSPS) is 16.0. The Morgan fingerprint density at radius 3 is 2.03 bits per heavy atom. The maximum Gasteiger partial charge on any atom is 0.334 e. The molecule has 0 heterocycles. The van der Waals surface area contributed by atoms with Crippen LogP contribution in [0.5, 0.6) is 0 Å². The number of carbonyl (C=O) groups is 7. The van der Waals surface area contributed by atoms with E-state index in [1.807, 2.05) is 33.8 Å². The molecular weight excluding hydrogens is 899 g/mol. The van der Waals surface area contributed by atoms with Crippen LogP contribution in [-0.2, 0) is 53.9 Å². The summed E-state index contributed by atoms with van der Waals surface area (Å²) in [5.41, 5.74) is 0.911. The number of aliphatic carboxylic acids is 1. The molecule has 16 nitrogen and oxygen atoms in total. The second-order valence-corrected chi connectivity index (χ2v) is 25.1. The van der Waals surface area contributed by atoms with Gasteiger partial charge in [0, 0.05) is 44.8 Å². The molecule has 69 heavy (non-hydrogen) atoms. The number of likely N-dealkylation sites (N-methyl/N-ethyl adjacent to an activating group) is 3. The molecular formula is C52H85N5O11Si. The first-order valence-electron chi connectivity index (χ1n) is 24.3. The van der Waals surface area contributed by atoms with Gasteiger partial charge in [-0.2, -0.15) is 0 Å². The highest BCUT2D eigenvalue weighted by atomic mass is 28.4. The quantitative estimate of drug-likeness (QED) is 0.0230. The van der Waals surface area contributed by atoms with Crippen molar-refractivity contribution >= 4 is 49.9 Å². The molecule has 17 heteroatoms. The summed E-state index contributed by atoms with van der Waals surface area (Å²) in [4.78, 5) is 96.2. The van der Waals surface area contributed by atoms with Crippen LogP contribution in [0.2, 0.25) is 18.1 Å². The second kappa shape index (κ2) is 29.2. The maximum atomic E-state index is 14.1. The van der Waals surface area contributed by atoms with Gasteiger partial charge in [0.1, 0.15) is 30.3 Å². The lowest BCUT2D eigenvalue weighted by Gasteiger charge is -2.42. The monoisotopic (exact) mass is 984 g/mol. The van der Waals surface area contributed by atoms with E-state index < -0.39 is 92.8 Å². The Morgan fingerprint density at radius 2 is 1.51 bits per heavy atom. The van der Waals surface area contributed by atoms with Gasteiger partial charge in [0.2, 0.25) is 17.7 Å². The zero-order valence-corrected chi connectivity index (χ0v) is 45.4. The Morgan fingerprint density at radius 1 is 0.899 bits per heavy atom. The number of hydrogen-bond acceptors (Lipinski definition) is 11. The van der Waals surface area contributed by atoms with Crippen molar-refractivity contribution in [2.75, 3.05) is 27.7 Å². The molecule has 0 radical (unpaired) electrons. The number of carboxylic acids is 1. The number of rotatable bonds is 29. The number of esters is 2. The first-order chi connectivity index (χ1) is 32.0. The average molecular weight is 984 g/mol. The minimum Gasteiger partial charge on any atom is -0.480 e. The Balaban J connectivity index is 3.40. The number of amides is 4. The van der Waals surface area contributed by atoms with E-state index in [4.69, 9.17) is 20.3 Å². The summed E-state index contributed by atoms with van der Waals surface area (Å²) in [7, 11) is 2.20. The first-order valence-corrected chi connectivity index (χ1v) is 27.2. The molecule has 0 spiro atoms. The van der Waals surface area contributed by atoms with Crippen molar-refractivity contribution in [3.63, 3.8) is 0 Å². The smallest absolute Gasteiger partial charge is 0.334 e. The van der Waals surface area contributed by atoms with Crippen LogP contribution >= 0.6 is 0 Å². The standard InChI is InChI=1S/C52H85N5O11Si/c1-18-20-22-27-42(68-69(16,17)52(10,11)12)36(7)41(66-51(65)38(9)53-13)29-28-35(6)50(64)67-43(30-33(3)4)46(59)54-37(8)47(60)57(15)40(31-39-25-23-21-24-26-39)48(61)56(14)32-44(58)55-45(49(62)63)34(5)19-2/h1,21,23-26,28,33-34,36-38,40-43,45,53H,19-20,22,27,29-32H2,2-17H3,(H,54,59)(H,55,58)(H,62,63)/b35-28+/t34-,36-,37-,38-,40+,41-,42+,43+,45-/m0/s1. The van der Waals surface area contributed by atoms with Gasteiger partial charge in [-0.15, -0.1) is 12.3 Å². The Kier molecular flexibility index (Phi) is 26.2. The van der Waals surface area contributed by atoms with Crippen LogP contribution in [0, 0.1) is 30.1 Å². The van der Waals surface area contributed by atoms with E-state index in [0.29, 0.717) is 19.3 Å². The van der Waals surface area contributed by atoms with Crippen LogP contribution < -0.4 is 16.0 Å². The fraction of sp³-hybridized carbons (Fsp3) is 0.673. The van der Waals surface area contributed by atoms with Crippen LogP contribution in [0.15, 0.2) is 42.0 Å². The second-order valence-electron chi connectivity index (χ2n) is 20.4. The number of hydrogen-bond donors (Lipinski definition) is 4. The third-order valence-electron chi connectivity index (χ3n) is 13.1. The van der Waals surface area contributed by atoms with Crippen molar-refractivity contribution in [2.45, 2.75) is 182 Å². The molecule has 0 aliphatic carbocycles. The van der Waals surface area contributed by atoms with Crippen molar-refractivity contribution in [1.82, 2.24) is 25.8 Å². The zero-order chi connectivity index (χ0) is 53.0. The summed E-state index contributed by atoms with van der Waals surface area (Å²) in [5, 5.41) is 17.7. The molecule has 4 N–H and O–H groups in total. The average Bonchev–Trinajstić information content (AvgIpc) is 3.28. The summed E-state index contributed by atoms with van der Waals surface area (Å²) < 4.78 is 18.9. The van der Waals surface area contributed by atoms with Crippen LogP contribution in [0.25, 0.3) is 0 Å². The van der Waals surface area contributed by atoms with E-state index in [-0.39, 0.29) is 53.7 Å². The van der Waals surface area contributed by atoms with Gasteiger partial charge in [-0.05, 0) is 82.6 Å². The number of nitrogens with zero attached hydrogens (tertiary/aromatic N) is 2. The zero-order valence-electron chi connectivity index (χ0n) is 44.4. The Bertz CT molecular complexity index is 1930. The van der Waals surface area contributed by atoms with Gasteiger partial charge in [-0.25, -0.2) is 9.59 Å². The van der Waals surface area contributed by atoms with E-state index in [9.17, 15) is 38.7 Å². The molecule has 1 aromatic rings. The van der Waals surface area contributed by atoms with Crippen LogP contribution in [-0.4, -0.2) is 135 Å². The third kappa shape index (κ3) is 20.4. The molecule has 388 valence electrons. The lowest BCUT2D eigenvalue weighted by Crippen LogP contribution is -2.56. The summed E-state index contributed by atoms with van der Waals surface area (Å²) in [6, 6.07) is 4.93. The van der Waals surface area contributed by atoms with Gasteiger partial charge >= 0.3 is 17.9 Å². The lowest BCUT2D eigenvalue weighted by atomic mass is 9.91. The highest BCUT2D eigenvalue weighted by molar-refractivity contribution is 6.74. The molecule has 0 aliphatic heterocycles. The van der Waals surface area contributed by atoms with Crippen molar-refractivity contribution in [3.05, 3.63) is 47.5 Å². The van der Waals surface area contributed by atoms with E-state index >= 15 is 0 Å². The fourth-order valence-corrected chi connectivity index (χ4v) is 8.55. The molecule has 0 saturated heterocycles. The molecule has 1 aromatic carbocycles. The molecule has 0 aliphatic rings. The highest BCUT2D eigenvalue weighted by Crippen LogP contribution is 2.39. The maximum absolute atomic E-state index is 14.1. The Labute approximate surface area is 413 Å². The van der Waals surface area contributed by atoms with Crippen LogP contribution in [0.3, 0.4) is 0 Å². The molecule has 9 atom stereocenters. The SMILES string of the molecule is C#CCCC[C@@H](O[Si](C)(C)C(C)(C)C)[C@@H](C)[C@H](C/C=C(\C)C(=O)O[C@H](CC(C)C)C(=O)N[C@@H](C)C(=O)N(C)[C@H](Cc1ccccc1)C(=O)N(C)CC(=O)N[C@H](C(=O)O)[C@@H](C)CC)OC(=O)[C@H](C)NC. The van der Waals surface area contributed by atoms with Gasteiger partial charge in [-0.3, -0.25) is 24.0 Å². The van der Waals surface area contributed by atoms with Gasteiger partial charge in [-0.1, -0.05) is 98.2 Å². The number of benzene rings is 1. The summed E-state index contributed by atoms with van der Waals surface area (Å²) in [6.45, 7) is 24.3. The number of carboxylic acid groups (broad SMARTS) is 1. The van der Waals surface area contributed by atoms with Crippen molar-refractivity contribution in [2.24, 2.45) is 17.8 Å². The Hall–Kier alpha value is -5.05.